The summed E-state index contributed by atoms with van der Waals surface area (Å²) in [6, 6.07) is 5.22. The predicted octanol–water partition coefficient (Wildman–Crippen LogP) is 1.58. The molecule has 9 nitrogen and oxygen atoms in total. The Morgan fingerprint density at radius 2 is 1.78 bits per heavy atom. The fourth-order valence-corrected chi connectivity index (χ4v) is 3.13. The summed E-state index contributed by atoms with van der Waals surface area (Å²) in [7, 11) is -1.70. The standard InChI is InChI=1S/C17H27N2O7P/c1-12(2)10-19(11-27(22,23)24)17(21)18-15(16(20)26-4)9-13-5-7-14(25-3)8-6-13/h5-8,12,15H,9-11H2,1-4H3,(H,18,21)(H2,22,23,24)/t15-/m0/s1. The van der Waals surface area contributed by atoms with E-state index in [0.29, 0.717) is 5.75 Å². The number of methoxy groups -OCH3 is 2. The molecular weight excluding hydrogens is 375 g/mol. The summed E-state index contributed by atoms with van der Waals surface area (Å²) in [5, 5.41) is 2.51. The maximum atomic E-state index is 12.5. The largest absolute Gasteiger partial charge is 0.497 e. The van der Waals surface area contributed by atoms with Crippen molar-refractivity contribution in [3.63, 3.8) is 0 Å². The van der Waals surface area contributed by atoms with Crippen molar-refractivity contribution in [2.45, 2.75) is 26.3 Å². The van der Waals surface area contributed by atoms with Crippen molar-refractivity contribution in [2.24, 2.45) is 5.92 Å². The number of ether oxygens (including phenoxy) is 2. The summed E-state index contributed by atoms with van der Waals surface area (Å²) in [6.07, 6.45) is -0.568. The molecule has 0 saturated heterocycles. The van der Waals surface area contributed by atoms with E-state index in [1.807, 2.05) is 13.8 Å². The third-order valence-corrected chi connectivity index (χ3v) is 4.32. The molecular formula is C17H27N2O7P. The highest BCUT2D eigenvalue weighted by Crippen LogP contribution is 2.35. The second kappa shape index (κ2) is 10.3. The predicted molar refractivity (Wildman–Crippen MR) is 99.5 cm³/mol. The first-order chi connectivity index (χ1) is 12.6. The zero-order valence-electron chi connectivity index (χ0n) is 15.9. The fraction of sp³-hybridized carbons (Fsp3) is 0.529. The highest BCUT2D eigenvalue weighted by Gasteiger charge is 2.28. The van der Waals surface area contributed by atoms with Crippen LogP contribution in [0.4, 0.5) is 4.79 Å². The normalized spacial score (nSPS) is 12.4. The first-order valence-corrected chi connectivity index (χ1v) is 10.2. The Morgan fingerprint density at radius 1 is 1.19 bits per heavy atom. The minimum absolute atomic E-state index is 0.0135. The van der Waals surface area contributed by atoms with Gasteiger partial charge in [0.15, 0.2) is 0 Å². The van der Waals surface area contributed by atoms with E-state index in [4.69, 9.17) is 9.47 Å². The van der Waals surface area contributed by atoms with Gasteiger partial charge in [-0.15, -0.1) is 0 Å². The number of carbonyl (C=O) groups is 2. The summed E-state index contributed by atoms with van der Waals surface area (Å²) in [5.41, 5.74) is 0.761. The molecule has 0 aromatic heterocycles. The van der Waals surface area contributed by atoms with Crippen molar-refractivity contribution in [3.05, 3.63) is 29.8 Å². The van der Waals surface area contributed by atoms with E-state index >= 15 is 0 Å². The molecule has 0 bridgehead atoms. The summed E-state index contributed by atoms with van der Waals surface area (Å²) >= 11 is 0. The van der Waals surface area contributed by atoms with Crippen molar-refractivity contribution in [1.82, 2.24) is 10.2 Å². The van der Waals surface area contributed by atoms with Crippen LogP contribution in [-0.2, 0) is 20.5 Å². The van der Waals surface area contributed by atoms with Crippen molar-refractivity contribution < 1.29 is 33.4 Å². The van der Waals surface area contributed by atoms with E-state index in [2.05, 4.69) is 5.32 Å². The van der Waals surface area contributed by atoms with Crippen LogP contribution in [0.5, 0.6) is 5.75 Å². The smallest absolute Gasteiger partial charge is 0.344 e. The van der Waals surface area contributed by atoms with Crippen molar-refractivity contribution in [1.29, 1.82) is 0 Å². The van der Waals surface area contributed by atoms with Crippen LogP contribution in [0, 0.1) is 5.92 Å². The number of urea groups is 1. The average Bonchev–Trinajstić information content (AvgIpc) is 2.58. The SMILES string of the molecule is COC(=O)[C@H](Cc1ccc(OC)cc1)NC(=O)N(CC(C)C)CP(=O)(O)O. The fourth-order valence-electron chi connectivity index (χ4n) is 2.44. The van der Waals surface area contributed by atoms with E-state index in [9.17, 15) is 23.9 Å². The maximum absolute atomic E-state index is 12.5. The van der Waals surface area contributed by atoms with Gasteiger partial charge in [0.1, 0.15) is 18.1 Å². The van der Waals surface area contributed by atoms with Gasteiger partial charge in [-0.25, -0.2) is 9.59 Å². The molecule has 0 heterocycles. The van der Waals surface area contributed by atoms with Crippen LogP contribution in [0.25, 0.3) is 0 Å². The van der Waals surface area contributed by atoms with Crippen LogP contribution in [-0.4, -0.2) is 59.8 Å². The molecule has 2 amide bonds. The van der Waals surface area contributed by atoms with E-state index in [0.717, 1.165) is 10.5 Å². The second-order valence-electron chi connectivity index (χ2n) is 6.50. The number of hydrogen-bond acceptors (Lipinski definition) is 5. The van der Waals surface area contributed by atoms with Gasteiger partial charge < -0.3 is 29.5 Å². The summed E-state index contributed by atoms with van der Waals surface area (Å²) < 4.78 is 21.1. The Kier molecular flexibility index (Phi) is 8.75. The van der Waals surface area contributed by atoms with E-state index in [1.165, 1.54) is 14.2 Å². The molecule has 152 valence electrons. The molecule has 1 aromatic rings. The molecule has 10 heteroatoms. The Bertz CT molecular complexity index is 672. The number of carbonyl (C=O) groups excluding carboxylic acids is 2. The van der Waals surface area contributed by atoms with Crippen LogP contribution in [0.15, 0.2) is 24.3 Å². The Labute approximate surface area is 158 Å². The molecule has 0 spiro atoms. The van der Waals surface area contributed by atoms with Gasteiger partial charge in [0.2, 0.25) is 0 Å². The van der Waals surface area contributed by atoms with Crippen LogP contribution in [0.2, 0.25) is 0 Å². The van der Waals surface area contributed by atoms with Gasteiger partial charge in [-0.3, -0.25) is 4.57 Å². The molecule has 0 saturated carbocycles. The summed E-state index contributed by atoms with van der Waals surface area (Å²) in [4.78, 5) is 44.0. The lowest BCUT2D eigenvalue weighted by molar-refractivity contribution is -0.142. The molecule has 1 atom stereocenters. The summed E-state index contributed by atoms with van der Waals surface area (Å²) in [6.45, 7) is 3.76. The molecule has 0 unspecified atom stereocenters. The lowest BCUT2D eigenvalue weighted by Gasteiger charge is -2.27. The molecule has 1 aromatic carbocycles. The third kappa shape index (κ3) is 8.43. The van der Waals surface area contributed by atoms with Gasteiger partial charge in [-0.05, 0) is 23.6 Å². The quantitative estimate of drug-likeness (QED) is 0.423. The van der Waals surface area contributed by atoms with Gasteiger partial charge in [-0.1, -0.05) is 26.0 Å². The monoisotopic (exact) mass is 402 g/mol. The van der Waals surface area contributed by atoms with Crippen molar-refractivity contribution in [2.75, 3.05) is 27.1 Å². The molecule has 0 radical (unpaired) electrons. The van der Waals surface area contributed by atoms with Gasteiger partial charge in [-0.2, -0.15) is 0 Å². The maximum Gasteiger partial charge on any atom is 0.344 e. The van der Waals surface area contributed by atoms with Gasteiger partial charge in [0.05, 0.1) is 14.2 Å². The molecule has 27 heavy (non-hydrogen) atoms. The number of esters is 1. The zero-order valence-corrected chi connectivity index (χ0v) is 16.8. The second-order valence-corrected chi connectivity index (χ2v) is 8.11. The summed E-state index contributed by atoms with van der Waals surface area (Å²) in [5.74, 6) is -0.0116. The van der Waals surface area contributed by atoms with Gasteiger partial charge in [0.25, 0.3) is 0 Å². The first kappa shape index (κ1) is 23.0. The minimum atomic E-state index is -4.45. The highest BCUT2D eigenvalue weighted by molar-refractivity contribution is 7.51. The van der Waals surface area contributed by atoms with E-state index < -0.39 is 31.9 Å². The first-order valence-electron chi connectivity index (χ1n) is 8.36. The third-order valence-electron chi connectivity index (χ3n) is 3.61. The lowest BCUT2D eigenvalue weighted by Crippen LogP contribution is -2.50. The molecule has 0 aliphatic carbocycles. The molecule has 3 N–H and O–H groups in total. The Hall–Kier alpha value is -2.09. The number of benzene rings is 1. The number of nitrogens with one attached hydrogen (secondary N) is 1. The molecule has 0 aliphatic rings. The lowest BCUT2D eigenvalue weighted by atomic mass is 10.1. The highest BCUT2D eigenvalue weighted by atomic mass is 31.2. The van der Waals surface area contributed by atoms with Crippen LogP contribution >= 0.6 is 7.60 Å². The van der Waals surface area contributed by atoms with E-state index in [-0.39, 0.29) is 18.9 Å². The number of nitrogens with zero attached hydrogens (tertiary/aromatic N) is 1. The Morgan fingerprint density at radius 3 is 2.22 bits per heavy atom. The zero-order chi connectivity index (χ0) is 20.6. The average molecular weight is 402 g/mol. The van der Waals surface area contributed by atoms with Crippen LogP contribution in [0.3, 0.4) is 0 Å². The van der Waals surface area contributed by atoms with Gasteiger partial charge >= 0.3 is 19.6 Å². The van der Waals surface area contributed by atoms with Crippen LogP contribution < -0.4 is 10.1 Å². The number of amides is 2. The van der Waals surface area contributed by atoms with E-state index in [1.54, 1.807) is 24.3 Å². The van der Waals surface area contributed by atoms with Crippen molar-refractivity contribution in [3.8, 4) is 5.75 Å². The minimum Gasteiger partial charge on any atom is -0.497 e. The molecule has 0 fully saturated rings. The van der Waals surface area contributed by atoms with Gasteiger partial charge in [0, 0.05) is 13.0 Å². The molecule has 0 aliphatic heterocycles. The number of hydrogen-bond donors (Lipinski definition) is 3. The van der Waals surface area contributed by atoms with Crippen molar-refractivity contribution >= 4 is 19.6 Å². The topological polar surface area (TPSA) is 125 Å². The number of rotatable bonds is 9. The Balaban J connectivity index is 2.93. The molecule has 1 rings (SSSR count). The van der Waals surface area contributed by atoms with Crippen LogP contribution in [0.1, 0.15) is 19.4 Å².